The summed E-state index contributed by atoms with van der Waals surface area (Å²) in [7, 11) is 1.95. The van der Waals surface area contributed by atoms with E-state index in [2.05, 4.69) is 55.1 Å². The van der Waals surface area contributed by atoms with Crippen LogP contribution in [0, 0.1) is 6.92 Å². The quantitative estimate of drug-likeness (QED) is 0.699. The van der Waals surface area contributed by atoms with Gasteiger partial charge < -0.3 is 0 Å². The summed E-state index contributed by atoms with van der Waals surface area (Å²) in [6.07, 6.45) is 3.95. The maximum atomic E-state index is 4.54. The summed E-state index contributed by atoms with van der Waals surface area (Å²) >= 11 is 0. The van der Waals surface area contributed by atoms with Crippen molar-refractivity contribution in [3.63, 3.8) is 0 Å². The van der Waals surface area contributed by atoms with Gasteiger partial charge in [0.2, 0.25) is 0 Å². The number of fused-ring (bicyclic) bond motifs is 1. The van der Waals surface area contributed by atoms with Gasteiger partial charge in [0.25, 0.3) is 0 Å². The summed E-state index contributed by atoms with van der Waals surface area (Å²) in [5, 5.41) is 5.61. The lowest BCUT2D eigenvalue weighted by molar-refractivity contribution is 0.779. The normalized spacial score (nSPS) is 11.4. The third-order valence-electron chi connectivity index (χ3n) is 3.69. The van der Waals surface area contributed by atoms with E-state index in [1.165, 1.54) is 16.7 Å². The highest BCUT2D eigenvalue weighted by Crippen LogP contribution is 2.28. The van der Waals surface area contributed by atoms with E-state index in [0.717, 1.165) is 16.6 Å². The second-order valence-corrected chi connectivity index (χ2v) is 5.66. The van der Waals surface area contributed by atoms with Gasteiger partial charge in [-0.15, -0.1) is 0 Å². The third-order valence-corrected chi connectivity index (χ3v) is 3.69. The van der Waals surface area contributed by atoms with Gasteiger partial charge in [-0.2, -0.15) is 5.10 Å². The summed E-state index contributed by atoms with van der Waals surface area (Å²) in [4.78, 5) is 4.54. The minimum atomic E-state index is 0.513. The molecule has 0 bridgehead atoms. The van der Waals surface area contributed by atoms with Crippen molar-refractivity contribution in [3.05, 3.63) is 47.8 Å². The third kappa shape index (κ3) is 2.20. The molecule has 0 spiro atoms. The monoisotopic (exact) mass is 265 g/mol. The van der Waals surface area contributed by atoms with Crippen molar-refractivity contribution < 1.29 is 0 Å². The molecule has 3 rings (SSSR count). The van der Waals surface area contributed by atoms with Crippen LogP contribution in [0.1, 0.15) is 30.9 Å². The molecule has 2 heterocycles. The fraction of sp³-hybridized carbons (Fsp3) is 0.294. The summed E-state index contributed by atoms with van der Waals surface area (Å²) in [5.41, 5.74) is 5.80. The first-order valence-corrected chi connectivity index (χ1v) is 6.95. The first-order valence-electron chi connectivity index (χ1n) is 6.95. The Morgan fingerprint density at radius 1 is 1.15 bits per heavy atom. The Morgan fingerprint density at radius 3 is 2.70 bits per heavy atom. The first kappa shape index (κ1) is 12.9. The summed E-state index contributed by atoms with van der Waals surface area (Å²) in [5.74, 6) is 0.513. The van der Waals surface area contributed by atoms with E-state index in [0.29, 0.717) is 5.92 Å². The summed E-state index contributed by atoms with van der Waals surface area (Å²) < 4.78 is 1.85. The molecule has 102 valence electrons. The number of aryl methyl sites for hydroxylation is 2. The molecule has 3 nitrogen and oxygen atoms in total. The molecule has 0 radical (unpaired) electrons. The van der Waals surface area contributed by atoms with Crippen LogP contribution in [-0.2, 0) is 7.05 Å². The zero-order valence-corrected chi connectivity index (χ0v) is 12.4. The summed E-state index contributed by atoms with van der Waals surface area (Å²) in [6.45, 7) is 6.53. The highest BCUT2D eigenvalue weighted by molar-refractivity contribution is 5.85. The van der Waals surface area contributed by atoms with Gasteiger partial charge in [-0.1, -0.05) is 13.8 Å². The lowest BCUT2D eigenvalue weighted by atomic mass is 9.98. The maximum absolute atomic E-state index is 4.54. The molecule has 3 aromatic rings. The zero-order valence-electron chi connectivity index (χ0n) is 12.4. The second-order valence-electron chi connectivity index (χ2n) is 5.66. The van der Waals surface area contributed by atoms with Gasteiger partial charge in [-0.3, -0.25) is 9.67 Å². The molecule has 0 amide bonds. The van der Waals surface area contributed by atoms with E-state index in [1.807, 2.05) is 24.1 Å². The number of nitrogens with zero attached hydrogens (tertiary/aromatic N) is 3. The van der Waals surface area contributed by atoms with Crippen LogP contribution in [0.25, 0.3) is 22.2 Å². The predicted molar refractivity (Wildman–Crippen MR) is 82.8 cm³/mol. The van der Waals surface area contributed by atoms with Gasteiger partial charge >= 0.3 is 0 Å². The van der Waals surface area contributed by atoms with Gasteiger partial charge in [0.05, 0.1) is 11.2 Å². The second kappa shape index (κ2) is 4.75. The van der Waals surface area contributed by atoms with Crippen LogP contribution in [0.5, 0.6) is 0 Å². The van der Waals surface area contributed by atoms with Crippen molar-refractivity contribution in [2.45, 2.75) is 26.7 Å². The molecule has 0 fully saturated rings. The Hall–Kier alpha value is -2.16. The van der Waals surface area contributed by atoms with Crippen LogP contribution < -0.4 is 0 Å². The van der Waals surface area contributed by atoms with Gasteiger partial charge in [0, 0.05) is 30.4 Å². The lowest BCUT2D eigenvalue weighted by Crippen LogP contribution is -1.92. The molecule has 0 aliphatic heterocycles. The maximum Gasteiger partial charge on any atom is 0.0926 e. The Kier molecular flexibility index (Phi) is 3.05. The lowest BCUT2D eigenvalue weighted by Gasteiger charge is -2.09. The van der Waals surface area contributed by atoms with Crippen molar-refractivity contribution in [1.82, 2.24) is 14.8 Å². The number of benzene rings is 1. The smallest absolute Gasteiger partial charge is 0.0926 e. The Morgan fingerprint density at radius 2 is 1.95 bits per heavy atom. The Bertz CT molecular complexity index is 769. The van der Waals surface area contributed by atoms with Gasteiger partial charge in [0.1, 0.15) is 0 Å². The van der Waals surface area contributed by atoms with Crippen LogP contribution in [0.2, 0.25) is 0 Å². The average molecular weight is 265 g/mol. The van der Waals surface area contributed by atoms with Crippen LogP contribution in [0.15, 0.2) is 36.7 Å². The van der Waals surface area contributed by atoms with E-state index in [9.17, 15) is 0 Å². The molecule has 3 heteroatoms. The number of pyridine rings is 1. The standard InChI is InChI=1S/C17H19N3/c1-11(2)13-5-6-18-17(9-13)15-8-14-10-20(4)19-16(14)7-12(15)3/h5-11H,1-4H3. The number of aromatic nitrogens is 3. The van der Waals surface area contributed by atoms with Crippen LogP contribution in [0.3, 0.4) is 0 Å². The molecular formula is C17H19N3. The van der Waals surface area contributed by atoms with E-state index in [1.54, 1.807) is 0 Å². The molecule has 0 saturated carbocycles. The molecular weight excluding hydrogens is 246 g/mol. The Labute approximate surface area is 119 Å². The largest absolute Gasteiger partial charge is 0.275 e. The highest BCUT2D eigenvalue weighted by Gasteiger charge is 2.09. The predicted octanol–water partition coefficient (Wildman–Crippen LogP) is 4.07. The van der Waals surface area contributed by atoms with E-state index in [4.69, 9.17) is 0 Å². The number of rotatable bonds is 2. The minimum Gasteiger partial charge on any atom is -0.275 e. The first-order chi connectivity index (χ1) is 9.54. The van der Waals surface area contributed by atoms with Crippen molar-refractivity contribution in [2.24, 2.45) is 7.05 Å². The van der Waals surface area contributed by atoms with Crippen molar-refractivity contribution in [3.8, 4) is 11.3 Å². The number of hydrogen-bond acceptors (Lipinski definition) is 2. The molecule has 0 unspecified atom stereocenters. The van der Waals surface area contributed by atoms with Crippen LogP contribution in [0.4, 0.5) is 0 Å². The molecule has 0 aliphatic carbocycles. The topological polar surface area (TPSA) is 30.7 Å². The average Bonchev–Trinajstić information content (AvgIpc) is 2.77. The molecule has 2 aromatic heterocycles. The molecule has 1 aromatic carbocycles. The van der Waals surface area contributed by atoms with Crippen LogP contribution in [-0.4, -0.2) is 14.8 Å². The molecule has 0 atom stereocenters. The van der Waals surface area contributed by atoms with Gasteiger partial charge in [-0.05, 0) is 48.2 Å². The number of hydrogen-bond donors (Lipinski definition) is 0. The van der Waals surface area contributed by atoms with Crippen molar-refractivity contribution in [1.29, 1.82) is 0 Å². The fourth-order valence-corrected chi connectivity index (χ4v) is 2.53. The van der Waals surface area contributed by atoms with Gasteiger partial charge in [-0.25, -0.2) is 0 Å². The van der Waals surface area contributed by atoms with Crippen molar-refractivity contribution >= 4 is 10.9 Å². The minimum absolute atomic E-state index is 0.513. The molecule has 20 heavy (non-hydrogen) atoms. The van der Waals surface area contributed by atoms with Crippen LogP contribution >= 0.6 is 0 Å². The van der Waals surface area contributed by atoms with E-state index >= 15 is 0 Å². The molecule has 0 saturated heterocycles. The Balaban J connectivity index is 2.18. The summed E-state index contributed by atoms with van der Waals surface area (Å²) in [6, 6.07) is 8.60. The molecule has 0 aliphatic rings. The van der Waals surface area contributed by atoms with Crippen molar-refractivity contribution in [2.75, 3.05) is 0 Å². The van der Waals surface area contributed by atoms with E-state index < -0.39 is 0 Å². The van der Waals surface area contributed by atoms with Gasteiger partial charge in [0.15, 0.2) is 0 Å². The molecule has 0 N–H and O–H groups in total. The highest BCUT2D eigenvalue weighted by atomic mass is 15.2. The SMILES string of the molecule is Cc1cc2nn(C)cc2cc1-c1cc(C(C)C)ccn1. The fourth-order valence-electron chi connectivity index (χ4n) is 2.53. The zero-order chi connectivity index (χ0) is 14.3. The van der Waals surface area contributed by atoms with E-state index in [-0.39, 0.29) is 0 Å².